The van der Waals surface area contributed by atoms with Crippen molar-refractivity contribution < 1.29 is 19.6 Å². The maximum atomic E-state index is 12.5. The van der Waals surface area contributed by atoms with Gasteiger partial charge in [-0.25, -0.2) is 0 Å². The second kappa shape index (κ2) is 7.22. The minimum absolute atomic E-state index is 0.0220. The molecule has 0 aliphatic carbocycles. The second-order valence-corrected chi connectivity index (χ2v) is 5.35. The average Bonchev–Trinajstić information content (AvgIpc) is 2.52. The molecule has 0 unspecified atom stereocenters. The van der Waals surface area contributed by atoms with Gasteiger partial charge in [0.25, 0.3) is 5.91 Å². The Labute approximate surface area is 128 Å². The van der Waals surface area contributed by atoms with E-state index in [2.05, 4.69) is 0 Å². The molecule has 120 valence electrons. The van der Waals surface area contributed by atoms with Crippen molar-refractivity contribution >= 4 is 11.6 Å². The molecular weight excluding hydrogens is 288 g/mol. The molecule has 1 aliphatic heterocycles. The van der Waals surface area contributed by atoms with E-state index in [-0.39, 0.29) is 17.4 Å². The topological polar surface area (TPSA) is 92.9 Å². The number of nitro benzene ring substituents is 1. The first-order valence-electron chi connectivity index (χ1n) is 7.38. The number of carbonyl (C=O) groups excluding carboxylic acids is 1. The Hall–Kier alpha value is -2.15. The molecule has 0 radical (unpaired) electrons. The zero-order chi connectivity index (χ0) is 16.1. The third-order valence-electron chi connectivity index (χ3n) is 3.81. The lowest BCUT2D eigenvalue weighted by Gasteiger charge is -2.32. The van der Waals surface area contributed by atoms with Gasteiger partial charge < -0.3 is 14.7 Å². The fourth-order valence-electron chi connectivity index (χ4n) is 2.69. The lowest BCUT2D eigenvalue weighted by molar-refractivity contribution is -0.385. The summed E-state index contributed by atoms with van der Waals surface area (Å²) >= 11 is 0. The number of phenolic OH excluding ortho intramolecular Hbond substituents is 1. The van der Waals surface area contributed by atoms with E-state index in [0.717, 1.165) is 12.8 Å². The predicted molar refractivity (Wildman–Crippen MR) is 79.9 cm³/mol. The molecule has 1 aromatic rings. The van der Waals surface area contributed by atoms with Crippen LogP contribution in [-0.4, -0.2) is 47.1 Å². The molecule has 2 rings (SSSR count). The summed E-state index contributed by atoms with van der Waals surface area (Å²) in [5.74, 6) is -0.676. The largest absolute Gasteiger partial charge is 0.502 e. The number of nitrogens with zero attached hydrogens (tertiary/aromatic N) is 2. The number of hydrogen-bond donors (Lipinski definition) is 1. The Bertz CT molecular complexity index is 561. The molecule has 0 bridgehead atoms. The number of hydrogen-bond acceptors (Lipinski definition) is 5. The molecule has 1 saturated heterocycles. The van der Waals surface area contributed by atoms with E-state index in [1.807, 2.05) is 6.92 Å². The van der Waals surface area contributed by atoms with Gasteiger partial charge in [-0.1, -0.05) is 6.07 Å². The van der Waals surface area contributed by atoms with E-state index >= 15 is 0 Å². The highest BCUT2D eigenvalue weighted by molar-refractivity contribution is 5.98. The molecular formula is C15H20N2O5. The van der Waals surface area contributed by atoms with Gasteiger partial charge in [-0.15, -0.1) is 0 Å². The van der Waals surface area contributed by atoms with Crippen molar-refractivity contribution in [2.24, 2.45) is 5.92 Å². The highest BCUT2D eigenvalue weighted by Crippen LogP contribution is 2.31. The smallest absolute Gasteiger partial charge is 0.311 e. The van der Waals surface area contributed by atoms with Crippen molar-refractivity contribution in [3.8, 4) is 5.75 Å². The molecule has 0 spiro atoms. The summed E-state index contributed by atoms with van der Waals surface area (Å²) in [5, 5.41) is 20.8. The zero-order valence-electron chi connectivity index (χ0n) is 12.5. The average molecular weight is 308 g/mol. The summed E-state index contributed by atoms with van der Waals surface area (Å²) < 4.78 is 5.40. The maximum Gasteiger partial charge on any atom is 0.311 e. The van der Waals surface area contributed by atoms with Gasteiger partial charge in [0.2, 0.25) is 5.75 Å². The highest BCUT2D eigenvalue weighted by Gasteiger charge is 2.28. The van der Waals surface area contributed by atoms with Crippen LogP contribution < -0.4 is 0 Å². The lowest BCUT2D eigenvalue weighted by Crippen LogP contribution is -2.41. The molecule has 0 aromatic heterocycles. The summed E-state index contributed by atoms with van der Waals surface area (Å²) in [4.78, 5) is 24.3. The van der Waals surface area contributed by atoms with E-state index < -0.39 is 16.4 Å². The first-order chi connectivity index (χ1) is 10.5. The predicted octanol–water partition coefficient (Wildman–Crippen LogP) is 2.19. The van der Waals surface area contributed by atoms with Crippen LogP contribution in [0, 0.1) is 16.0 Å². The van der Waals surface area contributed by atoms with Crippen LogP contribution in [0.25, 0.3) is 0 Å². The fourth-order valence-corrected chi connectivity index (χ4v) is 2.69. The van der Waals surface area contributed by atoms with Gasteiger partial charge in [0.15, 0.2) is 0 Å². The third-order valence-corrected chi connectivity index (χ3v) is 3.81. The monoisotopic (exact) mass is 308 g/mol. The maximum absolute atomic E-state index is 12.5. The number of aromatic hydroxyl groups is 1. The Morgan fingerprint density at radius 3 is 3.00 bits per heavy atom. The Balaban J connectivity index is 2.14. The summed E-state index contributed by atoms with van der Waals surface area (Å²) in [6.07, 6.45) is 1.85. The third kappa shape index (κ3) is 3.54. The van der Waals surface area contributed by atoms with Gasteiger partial charge in [-0.2, -0.15) is 0 Å². The number of benzene rings is 1. The molecule has 1 aromatic carbocycles. The molecule has 1 amide bonds. The van der Waals surface area contributed by atoms with Crippen molar-refractivity contribution in [1.82, 2.24) is 4.90 Å². The molecule has 0 saturated carbocycles. The number of nitro groups is 1. The summed E-state index contributed by atoms with van der Waals surface area (Å²) in [5.41, 5.74) is -0.472. The molecule has 7 nitrogen and oxygen atoms in total. The number of carbonyl (C=O) groups is 1. The normalized spacial score (nSPS) is 18.2. The SMILES string of the molecule is CCOC[C@H]1CCCN(C(=O)c2cccc([N+](=O)[O-])c2O)C1. The number of amides is 1. The number of rotatable bonds is 5. The van der Waals surface area contributed by atoms with E-state index in [1.54, 1.807) is 4.90 Å². The zero-order valence-corrected chi connectivity index (χ0v) is 12.5. The van der Waals surface area contributed by atoms with Crippen LogP contribution in [0.5, 0.6) is 5.75 Å². The second-order valence-electron chi connectivity index (χ2n) is 5.35. The van der Waals surface area contributed by atoms with Crippen LogP contribution in [0.3, 0.4) is 0 Å². The van der Waals surface area contributed by atoms with Crippen molar-refractivity contribution in [3.63, 3.8) is 0 Å². The quantitative estimate of drug-likeness (QED) is 0.665. The van der Waals surface area contributed by atoms with Crippen molar-refractivity contribution in [1.29, 1.82) is 0 Å². The summed E-state index contributed by atoms with van der Waals surface area (Å²) in [6, 6.07) is 4.00. The number of ether oxygens (including phenoxy) is 1. The summed E-state index contributed by atoms with van der Waals surface area (Å²) in [7, 11) is 0. The Kier molecular flexibility index (Phi) is 5.32. The van der Waals surface area contributed by atoms with Gasteiger partial charge in [-0.05, 0) is 31.7 Å². The van der Waals surface area contributed by atoms with E-state index in [1.165, 1.54) is 18.2 Å². The molecule has 1 N–H and O–H groups in total. The molecule has 7 heteroatoms. The van der Waals surface area contributed by atoms with Crippen molar-refractivity contribution in [3.05, 3.63) is 33.9 Å². The number of phenols is 1. The highest BCUT2D eigenvalue weighted by atomic mass is 16.6. The first kappa shape index (κ1) is 16.2. The van der Waals surface area contributed by atoms with Gasteiger partial charge in [0.1, 0.15) is 0 Å². The first-order valence-corrected chi connectivity index (χ1v) is 7.38. The molecule has 22 heavy (non-hydrogen) atoms. The van der Waals surface area contributed by atoms with Crippen LogP contribution >= 0.6 is 0 Å². The minimum Gasteiger partial charge on any atom is -0.502 e. The minimum atomic E-state index is -0.694. The van der Waals surface area contributed by atoms with E-state index in [4.69, 9.17) is 4.74 Å². The van der Waals surface area contributed by atoms with Crippen LogP contribution in [0.15, 0.2) is 18.2 Å². The van der Waals surface area contributed by atoms with Gasteiger partial charge >= 0.3 is 5.69 Å². The number of piperidine rings is 1. The number of para-hydroxylation sites is 1. The van der Waals surface area contributed by atoms with Crippen LogP contribution in [0.2, 0.25) is 0 Å². The molecule has 1 atom stereocenters. The van der Waals surface area contributed by atoms with Gasteiger partial charge in [0.05, 0.1) is 17.1 Å². The molecule has 1 fully saturated rings. The molecule has 1 heterocycles. The van der Waals surface area contributed by atoms with Gasteiger partial charge in [-0.3, -0.25) is 14.9 Å². The van der Waals surface area contributed by atoms with Crippen molar-refractivity contribution in [2.45, 2.75) is 19.8 Å². The standard InChI is InChI=1S/C15H20N2O5/c1-2-22-10-11-5-4-8-16(9-11)15(19)12-6-3-7-13(14(12)18)17(20)21/h3,6-7,11,18H,2,4-5,8-10H2,1H3/t11-/m0/s1. The Morgan fingerprint density at radius 1 is 1.55 bits per heavy atom. The lowest BCUT2D eigenvalue weighted by atomic mass is 9.98. The van der Waals surface area contributed by atoms with E-state index in [9.17, 15) is 20.0 Å². The van der Waals surface area contributed by atoms with Crippen LogP contribution in [0.4, 0.5) is 5.69 Å². The van der Waals surface area contributed by atoms with E-state index in [0.29, 0.717) is 26.3 Å². The Morgan fingerprint density at radius 2 is 2.32 bits per heavy atom. The van der Waals surface area contributed by atoms with Crippen LogP contribution in [-0.2, 0) is 4.74 Å². The van der Waals surface area contributed by atoms with Crippen LogP contribution in [0.1, 0.15) is 30.1 Å². The van der Waals surface area contributed by atoms with Gasteiger partial charge in [0, 0.05) is 25.8 Å². The molecule has 1 aliphatic rings. The van der Waals surface area contributed by atoms with Crippen molar-refractivity contribution in [2.75, 3.05) is 26.3 Å². The fraction of sp³-hybridized carbons (Fsp3) is 0.533. The number of likely N-dealkylation sites (tertiary alicyclic amines) is 1. The summed E-state index contributed by atoms with van der Waals surface area (Å²) in [6.45, 7) is 4.29.